The molecule has 1 aromatic heterocycles. The highest BCUT2D eigenvalue weighted by Gasteiger charge is 2.28. The number of fused-ring (bicyclic) bond motifs is 2. The number of hydrogen-bond donors (Lipinski definition) is 2. The number of carboxylic acids is 1. The van der Waals surface area contributed by atoms with Crippen LogP contribution in [0.1, 0.15) is 34.1 Å². The molecule has 0 spiro atoms. The van der Waals surface area contributed by atoms with Gasteiger partial charge in [0.05, 0.1) is 31.0 Å². The zero-order valence-electron chi connectivity index (χ0n) is 23.1. The van der Waals surface area contributed by atoms with Gasteiger partial charge in [-0.05, 0) is 66.2 Å². The van der Waals surface area contributed by atoms with Crippen LogP contribution in [0.15, 0.2) is 66.7 Å². The molecule has 2 N–H and O–H groups in total. The van der Waals surface area contributed by atoms with E-state index in [1.54, 1.807) is 43.5 Å². The standard InChI is InChI=1S/C32H31N3O6/c1-4-35-17-21(31-25(18-35)30(32(37)38)24-7-5-6-8-26(24)34-31)15-20-9-14-27(28(16-20)40-3)41-19-29(36)33-22-10-12-23(39-2)13-11-22/h5-16H,4,17-19H2,1-3H3,(H,33,36)(H,37,38)/b21-15-. The number of aromatic nitrogens is 1. The summed E-state index contributed by atoms with van der Waals surface area (Å²) in [4.78, 5) is 31.9. The van der Waals surface area contributed by atoms with Crippen molar-refractivity contribution in [2.45, 2.75) is 13.5 Å². The van der Waals surface area contributed by atoms with E-state index >= 15 is 0 Å². The number of rotatable bonds is 9. The largest absolute Gasteiger partial charge is 0.497 e. The van der Waals surface area contributed by atoms with Gasteiger partial charge in [-0.25, -0.2) is 9.78 Å². The van der Waals surface area contributed by atoms with Crippen molar-refractivity contribution in [2.24, 2.45) is 0 Å². The van der Waals surface area contributed by atoms with E-state index in [1.807, 2.05) is 36.4 Å². The van der Waals surface area contributed by atoms with Crippen molar-refractivity contribution in [3.8, 4) is 17.2 Å². The van der Waals surface area contributed by atoms with Crippen LogP contribution < -0.4 is 19.5 Å². The van der Waals surface area contributed by atoms with Gasteiger partial charge in [-0.2, -0.15) is 0 Å². The van der Waals surface area contributed by atoms with Gasteiger partial charge in [0.1, 0.15) is 5.75 Å². The minimum absolute atomic E-state index is 0.198. The van der Waals surface area contributed by atoms with E-state index in [2.05, 4.69) is 17.1 Å². The van der Waals surface area contributed by atoms with Gasteiger partial charge in [0.2, 0.25) is 0 Å². The topological polar surface area (TPSA) is 110 Å². The fourth-order valence-electron chi connectivity index (χ4n) is 4.96. The molecule has 1 aliphatic heterocycles. The molecule has 0 atom stereocenters. The van der Waals surface area contributed by atoms with Crippen molar-refractivity contribution in [1.29, 1.82) is 0 Å². The van der Waals surface area contributed by atoms with E-state index in [9.17, 15) is 14.7 Å². The van der Waals surface area contributed by atoms with E-state index in [4.69, 9.17) is 19.2 Å². The number of carbonyl (C=O) groups is 2. The number of anilines is 1. The molecule has 0 aliphatic carbocycles. The number of para-hydroxylation sites is 1. The summed E-state index contributed by atoms with van der Waals surface area (Å²) in [5.41, 5.74) is 4.73. The summed E-state index contributed by atoms with van der Waals surface area (Å²) in [6, 6.07) is 19.8. The molecule has 0 unspecified atom stereocenters. The molecule has 0 fully saturated rings. The SMILES string of the molecule is CCN1C/C(=C/c2ccc(OCC(=O)Nc3ccc(OC)cc3)c(OC)c2)c2nc3ccccc3c(C(=O)O)c2C1. The number of aromatic carboxylic acids is 1. The lowest BCUT2D eigenvalue weighted by Gasteiger charge is -2.30. The maximum Gasteiger partial charge on any atom is 0.336 e. The number of methoxy groups -OCH3 is 2. The van der Waals surface area contributed by atoms with Crippen molar-refractivity contribution in [3.63, 3.8) is 0 Å². The molecule has 0 saturated heterocycles. The van der Waals surface area contributed by atoms with Crippen LogP contribution >= 0.6 is 0 Å². The summed E-state index contributed by atoms with van der Waals surface area (Å²) in [7, 11) is 3.12. The van der Waals surface area contributed by atoms with Crippen LogP contribution in [0.25, 0.3) is 22.6 Å². The van der Waals surface area contributed by atoms with Crippen molar-refractivity contribution in [3.05, 3.63) is 89.1 Å². The van der Waals surface area contributed by atoms with Crippen molar-refractivity contribution in [1.82, 2.24) is 9.88 Å². The molecule has 5 rings (SSSR count). The van der Waals surface area contributed by atoms with Gasteiger partial charge in [0.15, 0.2) is 18.1 Å². The smallest absolute Gasteiger partial charge is 0.336 e. The first-order valence-corrected chi connectivity index (χ1v) is 13.2. The highest BCUT2D eigenvalue weighted by atomic mass is 16.5. The first kappa shape index (κ1) is 27.7. The Bertz CT molecular complexity index is 1630. The maximum atomic E-state index is 12.4. The monoisotopic (exact) mass is 553 g/mol. The Kier molecular flexibility index (Phi) is 8.16. The quantitative estimate of drug-likeness (QED) is 0.286. The van der Waals surface area contributed by atoms with Crippen LogP contribution in [0, 0.1) is 0 Å². The zero-order chi connectivity index (χ0) is 28.9. The number of pyridine rings is 1. The average Bonchev–Trinajstić information content (AvgIpc) is 2.99. The predicted octanol–water partition coefficient (Wildman–Crippen LogP) is 5.34. The molecular formula is C32H31N3O6. The van der Waals surface area contributed by atoms with Crippen LogP contribution in [0.2, 0.25) is 0 Å². The van der Waals surface area contributed by atoms with Crippen molar-refractivity contribution in [2.75, 3.05) is 39.2 Å². The van der Waals surface area contributed by atoms with Crippen LogP contribution in [0.4, 0.5) is 5.69 Å². The number of hydrogen-bond acceptors (Lipinski definition) is 7. The molecule has 0 radical (unpaired) electrons. The molecule has 41 heavy (non-hydrogen) atoms. The van der Waals surface area contributed by atoms with Gasteiger partial charge in [-0.1, -0.05) is 31.2 Å². The fraction of sp³-hybridized carbons (Fsp3) is 0.219. The molecule has 9 heteroatoms. The maximum absolute atomic E-state index is 12.4. The molecule has 1 aliphatic rings. The summed E-state index contributed by atoms with van der Waals surface area (Å²) < 4.78 is 16.5. The first-order chi connectivity index (χ1) is 19.9. The normalized spacial score (nSPS) is 14.0. The number of nitrogens with one attached hydrogen (secondary N) is 1. The number of carbonyl (C=O) groups excluding carboxylic acids is 1. The van der Waals surface area contributed by atoms with E-state index < -0.39 is 5.97 Å². The summed E-state index contributed by atoms with van der Waals surface area (Å²) >= 11 is 0. The molecule has 3 aromatic carbocycles. The van der Waals surface area contributed by atoms with Crippen molar-refractivity contribution >= 4 is 40.1 Å². The predicted molar refractivity (Wildman–Crippen MR) is 158 cm³/mol. The van der Waals surface area contributed by atoms with Gasteiger partial charge in [0.25, 0.3) is 5.91 Å². The van der Waals surface area contributed by atoms with Gasteiger partial charge >= 0.3 is 5.97 Å². The van der Waals surface area contributed by atoms with Gasteiger partial charge in [-0.15, -0.1) is 0 Å². The van der Waals surface area contributed by atoms with Crippen LogP contribution in [0.5, 0.6) is 17.2 Å². The van der Waals surface area contributed by atoms with Crippen molar-refractivity contribution < 1.29 is 28.9 Å². The summed E-state index contributed by atoms with van der Waals surface area (Å²) in [6.45, 7) is 3.75. The number of benzene rings is 3. The van der Waals surface area contributed by atoms with Crippen LogP contribution in [-0.4, -0.2) is 60.8 Å². The van der Waals surface area contributed by atoms with E-state index in [0.29, 0.717) is 63.7 Å². The molecule has 4 aromatic rings. The van der Waals surface area contributed by atoms with E-state index in [0.717, 1.165) is 17.7 Å². The highest BCUT2D eigenvalue weighted by molar-refractivity contribution is 6.06. The highest BCUT2D eigenvalue weighted by Crippen LogP contribution is 2.35. The Morgan fingerprint density at radius 1 is 1.00 bits per heavy atom. The molecule has 210 valence electrons. The van der Waals surface area contributed by atoms with Gasteiger partial charge in [0, 0.05) is 29.7 Å². The summed E-state index contributed by atoms with van der Waals surface area (Å²) in [5.74, 6) is 0.323. The summed E-state index contributed by atoms with van der Waals surface area (Å²) in [6.07, 6.45) is 2.00. The molecular weight excluding hydrogens is 522 g/mol. The Balaban J connectivity index is 1.41. The Labute approximate surface area is 238 Å². The Morgan fingerprint density at radius 2 is 1.78 bits per heavy atom. The average molecular weight is 554 g/mol. The molecule has 9 nitrogen and oxygen atoms in total. The lowest BCUT2D eigenvalue weighted by atomic mass is 9.92. The lowest BCUT2D eigenvalue weighted by molar-refractivity contribution is -0.118. The second-order valence-electron chi connectivity index (χ2n) is 9.58. The second kappa shape index (κ2) is 12.1. The minimum atomic E-state index is -0.962. The zero-order valence-corrected chi connectivity index (χ0v) is 23.1. The Hall–Kier alpha value is -4.89. The molecule has 1 amide bonds. The minimum Gasteiger partial charge on any atom is -0.497 e. The number of likely N-dealkylation sites (N-methyl/N-ethyl adjacent to an activating group) is 1. The number of nitrogens with zero attached hydrogens (tertiary/aromatic N) is 2. The summed E-state index contributed by atoms with van der Waals surface area (Å²) in [5, 5.41) is 13.6. The van der Waals surface area contributed by atoms with Gasteiger partial charge < -0.3 is 24.6 Å². The third-order valence-electron chi connectivity index (χ3n) is 7.00. The molecule has 0 saturated carbocycles. The third-order valence-corrected chi connectivity index (χ3v) is 7.00. The Morgan fingerprint density at radius 3 is 2.49 bits per heavy atom. The van der Waals surface area contributed by atoms with Crippen LogP contribution in [0.3, 0.4) is 0 Å². The second-order valence-corrected chi connectivity index (χ2v) is 9.58. The van der Waals surface area contributed by atoms with Gasteiger partial charge in [-0.3, -0.25) is 9.69 Å². The van der Waals surface area contributed by atoms with E-state index in [-0.39, 0.29) is 12.5 Å². The van der Waals surface area contributed by atoms with E-state index in [1.165, 1.54) is 7.11 Å². The number of carboxylic acid groups (broad SMARTS) is 1. The lowest BCUT2D eigenvalue weighted by Crippen LogP contribution is -2.31. The fourth-order valence-corrected chi connectivity index (χ4v) is 4.96. The molecule has 2 heterocycles. The van der Waals surface area contributed by atoms with Crippen LogP contribution in [-0.2, 0) is 11.3 Å². The number of ether oxygens (including phenoxy) is 3. The number of amides is 1. The molecule has 0 bridgehead atoms. The first-order valence-electron chi connectivity index (χ1n) is 13.2. The third kappa shape index (κ3) is 6.00.